The molecule has 0 spiro atoms. The molecule has 1 aromatic rings. The van der Waals surface area contributed by atoms with E-state index in [2.05, 4.69) is 11.6 Å². The first-order chi connectivity index (χ1) is 8.20. The van der Waals surface area contributed by atoms with Crippen molar-refractivity contribution >= 4 is 11.8 Å². The molecule has 0 amide bonds. The Balaban J connectivity index is 2.13. The van der Waals surface area contributed by atoms with Crippen LogP contribution in [0.4, 0.5) is 4.39 Å². The Morgan fingerprint density at radius 3 is 2.71 bits per heavy atom. The fourth-order valence-electron chi connectivity index (χ4n) is 2.47. The summed E-state index contributed by atoms with van der Waals surface area (Å²) in [6.45, 7) is 4.13. The average molecular weight is 253 g/mol. The van der Waals surface area contributed by atoms with Crippen LogP contribution in [0.5, 0.6) is 0 Å². The number of hydrogen-bond acceptors (Lipinski definition) is 2. The summed E-state index contributed by atoms with van der Waals surface area (Å²) in [5, 5.41) is 3.35. The molecule has 0 aliphatic carbocycles. The van der Waals surface area contributed by atoms with Crippen LogP contribution in [0.15, 0.2) is 17.0 Å². The number of aryl methyl sites for hydroxylation is 1. The van der Waals surface area contributed by atoms with Crippen LogP contribution in [-0.4, -0.2) is 19.3 Å². The van der Waals surface area contributed by atoms with Gasteiger partial charge in [0.05, 0.1) is 0 Å². The van der Waals surface area contributed by atoms with Crippen molar-refractivity contribution in [3.8, 4) is 0 Å². The molecule has 1 N–H and O–H groups in total. The van der Waals surface area contributed by atoms with E-state index >= 15 is 0 Å². The number of hydrogen-bond donors (Lipinski definition) is 1. The molecule has 0 unspecified atom stereocenters. The summed E-state index contributed by atoms with van der Waals surface area (Å²) in [4.78, 5) is 1.20. The first-order valence-corrected chi connectivity index (χ1v) is 7.47. The lowest BCUT2D eigenvalue weighted by molar-refractivity contribution is 0.368. The standard InChI is InChI=1S/C14H20FNS/c1-10-7-13(15)12(9-14(10)17-2)8-11-3-5-16-6-4-11/h7,9,11,16H,3-6,8H2,1-2H3. The molecular weight excluding hydrogens is 233 g/mol. The Morgan fingerprint density at radius 2 is 2.06 bits per heavy atom. The lowest BCUT2D eigenvalue weighted by atomic mass is 9.90. The van der Waals surface area contributed by atoms with Gasteiger partial charge in [0.2, 0.25) is 0 Å². The topological polar surface area (TPSA) is 12.0 Å². The molecular formula is C14H20FNS. The molecule has 1 fully saturated rings. The van der Waals surface area contributed by atoms with E-state index in [1.807, 2.05) is 13.0 Å². The molecule has 94 valence electrons. The van der Waals surface area contributed by atoms with Gasteiger partial charge >= 0.3 is 0 Å². The number of piperidine rings is 1. The van der Waals surface area contributed by atoms with Gasteiger partial charge in [0.15, 0.2) is 0 Å². The van der Waals surface area contributed by atoms with Crippen molar-refractivity contribution in [3.63, 3.8) is 0 Å². The van der Waals surface area contributed by atoms with Gasteiger partial charge in [0, 0.05) is 4.90 Å². The van der Waals surface area contributed by atoms with Crippen molar-refractivity contribution in [1.29, 1.82) is 0 Å². The molecule has 1 saturated heterocycles. The van der Waals surface area contributed by atoms with Gasteiger partial charge in [-0.1, -0.05) is 0 Å². The summed E-state index contributed by atoms with van der Waals surface area (Å²) in [6, 6.07) is 3.72. The predicted molar refractivity (Wildman–Crippen MR) is 72.2 cm³/mol. The second-order valence-electron chi connectivity index (χ2n) is 4.81. The molecule has 1 nitrogen and oxygen atoms in total. The zero-order valence-electron chi connectivity index (χ0n) is 10.6. The third kappa shape index (κ3) is 3.23. The quantitative estimate of drug-likeness (QED) is 0.829. The number of benzene rings is 1. The number of nitrogens with one attached hydrogen (secondary N) is 1. The van der Waals surface area contributed by atoms with Crippen LogP contribution in [-0.2, 0) is 6.42 Å². The Morgan fingerprint density at radius 1 is 1.35 bits per heavy atom. The summed E-state index contributed by atoms with van der Waals surface area (Å²) in [7, 11) is 0. The molecule has 0 atom stereocenters. The largest absolute Gasteiger partial charge is 0.317 e. The minimum atomic E-state index is -0.0289. The van der Waals surface area contributed by atoms with E-state index in [4.69, 9.17) is 0 Å². The van der Waals surface area contributed by atoms with Crippen molar-refractivity contribution in [3.05, 3.63) is 29.1 Å². The van der Waals surface area contributed by atoms with Gasteiger partial charge in [0.1, 0.15) is 5.82 Å². The molecule has 1 aliphatic heterocycles. The lowest BCUT2D eigenvalue weighted by Gasteiger charge is -2.23. The second-order valence-corrected chi connectivity index (χ2v) is 5.66. The summed E-state index contributed by atoms with van der Waals surface area (Å²) in [6.07, 6.45) is 5.28. The maximum Gasteiger partial charge on any atom is 0.126 e. The Labute approximate surface area is 107 Å². The fourth-order valence-corrected chi connectivity index (χ4v) is 3.11. The smallest absolute Gasteiger partial charge is 0.126 e. The van der Waals surface area contributed by atoms with Gasteiger partial charge in [0.25, 0.3) is 0 Å². The minimum Gasteiger partial charge on any atom is -0.317 e. The normalized spacial score (nSPS) is 17.4. The van der Waals surface area contributed by atoms with Crippen LogP contribution < -0.4 is 5.32 Å². The zero-order valence-corrected chi connectivity index (χ0v) is 11.4. The number of thioether (sulfide) groups is 1. The van der Waals surface area contributed by atoms with Gasteiger partial charge in [-0.25, -0.2) is 4.39 Å². The van der Waals surface area contributed by atoms with E-state index in [0.29, 0.717) is 5.92 Å². The Hall–Kier alpha value is -0.540. The summed E-state index contributed by atoms with van der Waals surface area (Å²) in [5.74, 6) is 0.613. The third-order valence-electron chi connectivity index (χ3n) is 3.53. The highest BCUT2D eigenvalue weighted by Crippen LogP contribution is 2.26. The van der Waals surface area contributed by atoms with E-state index in [1.54, 1.807) is 17.8 Å². The highest BCUT2D eigenvalue weighted by Gasteiger charge is 2.16. The van der Waals surface area contributed by atoms with Crippen molar-refractivity contribution < 1.29 is 4.39 Å². The minimum absolute atomic E-state index is 0.0289. The molecule has 0 saturated carbocycles. The molecule has 0 aromatic heterocycles. The van der Waals surface area contributed by atoms with Crippen LogP contribution >= 0.6 is 11.8 Å². The Kier molecular flexibility index (Phi) is 4.46. The van der Waals surface area contributed by atoms with Crippen molar-refractivity contribution in [2.75, 3.05) is 19.3 Å². The molecule has 3 heteroatoms. The predicted octanol–water partition coefficient (Wildman–Crippen LogP) is 3.40. The van der Waals surface area contributed by atoms with E-state index < -0.39 is 0 Å². The van der Waals surface area contributed by atoms with Gasteiger partial charge in [-0.3, -0.25) is 0 Å². The molecule has 1 aromatic carbocycles. The SMILES string of the molecule is CSc1cc(CC2CCNCC2)c(F)cc1C. The van der Waals surface area contributed by atoms with Gasteiger partial charge in [-0.2, -0.15) is 0 Å². The highest BCUT2D eigenvalue weighted by molar-refractivity contribution is 7.98. The summed E-state index contributed by atoms with van der Waals surface area (Å²) in [5.41, 5.74) is 1.94. The van der Waals surface area contributed by atoms with Crippen LogP contribution in [0, 0.1) is 18.7 Å². The molecule has 0 radical (unpaired) electrons. The molecule has 1 aliphatic rings. The van der Waals surface area contributed by atoms with E-state index in [9.17, 15) is 4.39 Å². The second kappa shape index (κ2) is 5.87. The van der Waals surface area contributed by atoms with Crippen LogP contribution in [0.1, 0.15) is 24.0 Å². The highest BCUT2D eigenvalue weighted by atomic mass is 32.2. The van der Waals surface area contributed by atoms with Crippen LogP contribution in [0.25, 0.3) is 0 Å². The lowest BCUT2D eigenvalue weighted by Crippen LogP contribution is -2.28. The van der Waals surface area contributed by atoms with E-state index in [0.717, 1.165) is 30.6 Å². The zero-order chi connectivity index (χ0) is 12.3. The number of rotatable bonds is 3. The average Bonchev–Trinajstić information content (AvgIpc) is 2.34. The molecule has 1 heterocycles. The van der Waals surface area contributed by atoms with Crippen LogP contribution in [0.3, 0.4) is 0 Å². The molecule has 2 rings (SSSR count). The number of halogens is 1. The molecule has 17 heavy (non-hydrogen) atoms. The first kappa shape index (κ1) is 12.9. The van der Waals surface area contributed by atoms with Gasteiger partial charge < -0.3 is 5.32 Å². The van der Waals surface area contributed by atoms with E-state index in [-0.39, 0.29) is 5.82 Å². The summed E-state index contributed by atoms with van der Waals surface area (Å²) < 4.78 is 13.9. The Bertz CT molecular complexity index is 386. The molecule has 0 bridgehead atoms. The van der Waals surface area contributed by atoms with E-state index in [1.165, 1.54) is 17.7 Å². The monoisotopic (exact) mass is 253 g/mol. The fraction of sp³-hybridized carbons (Fsp3) is 0.571. The van der Waals surface area contributed by atoms with Crippen molar-refractivity contribution in [1.82, 2.24) is 5.32 Å². The van der Waals surface area contributed by atoms with Gasteiger partial charge in [-0.15, -0.1) is 11.8 Å². The first-order valence-electron chi connectivity index (χ1n) is 6.24. The maximum absolute atomic E-state index is 13.9. The third-order valence-corrected chi connectivity index (χ3v) is 4.41. The van der Waals surface area contributed by atoms with Gasteiger partial charge in [-0.05, 0) is 74.7 Å². The van der Waals surface area contributed by atoms with Crippen molar-refractivity contribution in [2.45, 2.75) is 31.1 Å². The maximum atomic E-state index is 13.9. The van der Waals surface area contributed by atoms with Crippen LogP contribution in [0.2, 0.25) is 0 Å². The summed E-state index contributed by atoms with van der Waals surface area (Å²) >= 11 is 1.70. The van der Waals surface area contributed by atoms with Crippen molar-refractivity contribution in [2.24, 2.45) is 5.92 Å².